The van der Waals surface area contributed by atoms with Gasteiger partial charge in [0.2, 0.25) is 0 Å². The Hall–Kier alpha value is -0.290. The van der Waals surface area contributed by atoms with E-state index < -0.39 is 34.2 Å². The maximum Gasteiger partial charge on any atom is 0.267 e. The van der Waals surface area contributed by atoms with Gasteiger partial charge in [-0.15, -0.1) is 0 Å². The molecular formula is C11H25NO7S. The third-order valence-electron chi connectivity index (χ3n) is 2.85. The molecule has 0 fully saturated rings. The normalized spacial score (nSPS) is 17.4. The van der Waals surface area contributed by atoms with Gasteiger partial charge in [0.15, 0.2) is 0 Å². The second-order valence-corrected chi connectivity index (χ2v) is 6.65. The van der Waals surface area contributed by atoms with Crippen LogP contribution in [0.1, 0.15) is 20.3 Å². The molecule has 5 N–H and O–H groups in total. The zero-order chi connectivity index (χ0) is 15.9. The Labute approximate surface area is 119 Å². The third kappa shape index (κ3) is 7.48. The molecule has 20 heavy (non-hydrogen) atoms. The van der Waals surface area contributed by atoms with Crippen molar-refractivity contribution in [1.82, 2.24) is 4.90 Å². The van der Waals surface area contributed by atoms with E-state index >= 15 is 0 Å². The topological polar surface area (TPSA) is 139 Å². The molecular weight excluding hydrogens is 290 g/mol. The molecule has 0 aromatic carbocycles. The molecule has 0 radical (unpaired) electrons. The predicted octanol–water partition coefficient (Wildman–Crippen LogP) is -1.75. The Bertz CT molecular complexity index is 360. The monoisotopic (exact) mass is 315 g/mol. The maximum absolute atomic E-state index is 10.7. The van der Waals surface area contributed by atoms with Gasteiger partial charge in [-0.2, -0.15) is 8.42 Å². The van der Waals surface area contributed by atoms with Crippen LogP contribution >= 0.6 is 0 Å². The number of nitrogens with zero attached hydrogens (tertiary/aromatic N) is 1. The van der Waals surface area contributed by atoms with Crippen molar-refractivity contribution in [2.45, 2.75) is 38.6 Å². The van der Waals surface area contributed by atoms with Crippen molar-refractivity contribution >= 4 is 10.1 Å². The standard InChI is InChI=1S/C11H25NO7S/c1-8(2)5-9(6-14)12(3-4-13)11(16)10(15)7-20(17,18)19/h8-11,13-16H,3-7H2,1-2H3,(H,17,18,19). The van der Waals surface area contributed by atoms with E-state index in [1.807, 2.05) is 13.8 Å². The molecule has 0 amide bonds. The molecule has 8 nitrogen and oxygen atoms in total. The summed E-state index contributed by atoms with van der Waals surface area (Å²) in [5, 5.41) is 37.9. The van der Waals surface area contributed by atoms with Crippen LogP contribution in [-0.4, -0.2) is 82.2 Å². The van der Waals surface area contributed by atoms with Crippen molar-refractivity contribution < 1.29 is 33.4 Å². The fourth-order valence-electron chi connectivity index (χ4n) is 2.03. The Morgan fingerprint density at radius 1 is 1.15 bits per heavy atom. The first-order chi connectivity index (χ1) is 9.12. The van der Waals surface area contributed by atoms with Crippen molar-refractivity contribution in [2.75, 3.05) is 25.5 Å². The van der Waals surface area contributed by atoms with Gasteiger partial charge < -0.3 is 20.4 Å². The average molecular weight is 315 g/mol. The second-order valence-electron chi connectivity index (χ2n) is 5.16. The molecule has 122 valence electrons. The van der Waals surface area contributed by atoms with Crippen molar-refractivity contribution in [1.29, 1.82) is 0 Å². The molecule has 3 unspecified atom stereocenters. The van der Waals surface area contributed by atoms with Gasteiger partial charge in [0.25, 0.3) is 10.1 Å². The highest BCUT2D eigenvalue weighted by Gasteiger charge is 2.31. The highest BCUT2D eigenvalue weighted by atomic mass is 32.2. The van der Waals surface area contributed by atoms with Gasteiger partial charge in [0.1, 0.15) is 18.1 Å². The van der Waals surface area contributed by atoms with Crippen LogP contribution in [0.5, 0.6) is 0 Å². The molecule has 0 aliphatic heterocycles. The van der Waals surface area contributed by atoms with Crippen LogP contribution < -0.4 is 0 Å². The third-order valence-corrected chi connectivity index (χ3v) is 3.61. The van der Waals surface area contributed by atoms with Gasteiger partial charge in [-0.1, -0.05) is 13.8 Å². The summed E-state index contributed by atoms with van der Waals surface area (Å²) in [6.07, 6.45) is -2.86. The summed E-state index contributed by atoms with van der Waals surface area (Å²) in [7, 11) is -4.43. The zero-order valence-electron chi connectivity index (χ0n) is 11.8. The van der Waals surface area contributed by atoms with Crippen LogP contribution in [-0.2, 0) is 10.1 Å². The van der Waals surface area contributed by atoms with E-state index in [-0.39, 0.29) is 25.7 Å². The Morgan fingerprint density at radius 3 is 2.05 bits per heavy atom. The van der Waals surface area contributed by atoms with Gasteiger partial charge in [0, 0.05) is 12.6 Å². The molecule has 3 atom stereocenters. The lowest BCUT2D eigenvalue weighted by Crippen LogP contribution is -2.53. The van der Waals surface area contributed by atoms with E-state index in [1.54, 1.807) is 0 Å². The number of aliphatic hydroxyl groups excluding tert-OH is 4. The molecule has 9 heteroatoms. The average Bonchev–Trinajstić information content (AvgIpc) is 2.30. The lowest BCUT2D eigenvalue weighted by Gasteiger charge is -2.36. The lowest BCUT2D eigenvalue weighted by atomic mass is 10.0. The summed E-state index contributed by atoms with van der Waals surface area (Å²) in [6.45, 7) is 3.13. The van der Waals surface area contributed by atoms with Crippen molar-refractivity contribution in [3.63, 3.8) is 0 Å². The molecule has 0 bridgehead atoms. The van der Waals surface area contributed by atoms with E-state index in [4.69, 9.17) is 9.66 Å². The number of rotatable bonds is 10. The fourth-order valence-corrected chi connectivity index (χ4v) is 2.63. The van der Waals surface area contributed by atoms with Gasteiger partial charge in [-0.3, -0.25) is 9.45 Å². The summed E-state index contributed by atoms with van der Waals surface area (Å²) >= 11 is 0. The van der Waals surface area contributed by atoms with Crippen LogP contribution in [0.25, 0.3) is 0 Å². The maximum atomic E-state index is 10.7. The highest BCUT2D eigenvalue weighted by molar-refractivity contribution is 7.85. The highest BCUT2D eigenvalue weighted by Crippen LogP contribution is 2.15. The smallest absolute Gasteiger partial charge is 0.267 e. The SMILES string of the molecule is CC(C)CC(CO)N(CCO)C(O)C(O)CS(=O)(=O)O. The molecule has 0 aromatic heterocycles. The molecule has 0 rings (SSSR count). The molecule has 0 spiro atoms. The molecule has 0 aliphatic rings. The predicted molar refractivity (Wildman–Crippen MR) is 72.5 cm³/mol. The van der Waals surface area contributed by atoms with E-state index in [1.165, 1.54) is 4.90 Å². The molecule has 0 aliphatic carbocycles. The van der Waals surface area contributed by atoms with E-state index in [0.29, 0.717) is 6.42 Å². The van der Waals surface area contributed by atoms with E-state index in [0.717, 1.165) is 0 Å². The minimum atomic E-state index is -4.43. The van der Waals surface area contributed by atoms with Gasteiger partial charge in [0.05, 0.1) is 13.2 Å². The Kier molecular flexibility index (Phi) is 8.75. The number of hydrogen-bond donors (Lipinski definition) is 5. The number of aliphatic hydroxyl groups is 4. The summed E-state index contributed by atoms with van der Waals surface area (Å²) in [4.78, 5) is 1.23. The largest absolute Gasteiger partial charge is 0.395 e. The molecule has 0 saturated heterocycles. The quantitative estimate of drug-likeness (QED) is 0.236. The van der Waals surface area contributed by atoms with Crippen LogP contribution in [0.3, 0.4) is 0 Å². The summed E-state index contributed by atoms with van der Waals surface area (Å²) in [5.74, 6) is -0.824. The van der Waals surface area contributed by atoms with Crippen LogP contribution in [0, 0.1) is 5.92 Å². The Balaban J connectivity index is 4.94. The van der Waals surface area contributed by atoms with E-state index in [2.05, 4.69) is 0 Å². The van der Waals surface area contributed by atoms with Gasteiger partial charge in [-0.05, 0) is 12.3 Å². The summed E-state index contributed by atoms with van der Waals surface area (Å²) in [5.41, 5.74) is 0. The van der Waals surface area contributed by atoms with E-state index in [9.17, 15) is 23.7 Å². The first kappa shape index (κ1) is 19.7. The lowest BCUT2D eigenvalue weighted by molar-refractivity contribution is -0.107. The fraction of sp³-hybridized carbons (Fsp3) is 1.00. The second kappa shape index (κ2) is 8.88. The summed E-state index contributed by atoms with van der Waals surface area (Å²) < 4.78 is 30.1. The van der Waals surface area contributed by atoms with Gasteiger partial charge >= 0.3 is 0 Å². The summed E-state index contributed by atoms with van der Waals surface area (Å²) in [6, 6.07) is -0.534. The first-order valence-electron chi connectivity index (χ1n) is 6.41. The Morgan fingerprint density at radius 2 is 1.70 bits per heavy atom. The van der Waals surface area contributed by atoms with Crippen molar-refractivity contribution in [3.8, 4) is 0 Å². The van der Waals surface area contributed by atoms with Crippen LogP contribution in [0.15, 0.2) is 0 Å². The minimum absolute atomic E-state index is 0.0400. The zero-order valence-corrected chi connectivity index (χ0v) is 12.6. The van der Waals surface area contributed by atoms with Crippen molar-refractivity contribution in [3.05, 3.63) is 0 Å². The number of hydrogen-bond acceptors (Lipinski definition) is 7. The minimum Gasteiger partial charge on any atom is -0.395 e. The van der Waals surface area contributed by atoms with Crippen LogP contribution in [0.2, 0.25) is 0 Å². The molecule has 0 saturated carbocycles. The van der Waals surface area contributed by atoms with Gasteiger partial charge in [-0.25, -0.2) is 0 Å². The molecule has 0 aromatic rings. The first-order valence-corrected chi connectivity index (χ1v) is 8.02. The molecule has 0 heterocycles. The van der Waals surface area contributed by atoms with Crippen LogP contribution in [0.4, 0.5) is 0 Å². The van der Waals surface area contributed by atoms with Crippen molar-refractivity contribution in [2.24, 2.45) is 5.92 Å².